The van der Waals surface area contributed by atoms with Gasteiger partial charge in [-0.05, 0) is 23.2 Å². The Kier molecular flexibility index (Phi) is 5.02. The minimum absolute atomic E-state index is 0.469. The van der Waals surface area contributed by atoms with Gasteiger partial charge in [0, 0.05) is 0 Å². The molecule has 13 heavy (non-hydrogen) atoms. The van der Waals surface area contributed by atoms with Gasteiger partial charge in [-0.25, -0.2) is 0 Å². The molecular weight excluding hydrogens is 156 g/mol. The van der Waals surface area contributed by atoms with E-state index in [-0.39, 0.29) is 0 Å². The molecule has 0 aliphatic heterocycles. The Balaban J connectivity index is 3.90. The Hall–Kier alpha value is 0. The molecule has 0 bridgehead atoms. The third kappa shape index (κ3) is 5.33. The first kappa shape index (κ1) is 13.0. The smallest absolute Gasteiger partial charge is 0.0354 e. The van der Waals surface area contributed by atoms with Crippen molar-refractivity contribution in [1.82, 2.24) is 0 Å². The zero-order valence-electron chi connectivity index (χ0n) is 10.6. The summed E-state index contributed by atoms with van der Waals surface area (Å²) in [5, 5.41) is 0. The van der Waals surface area contributed by atoms with E-state index in [1.807, 2.05) is 0 Å². The summed E-state index contributed by atoms with van der Waals surface area (Å²) in [6.07, 6.45) is 2.76. The quantitative estimate of drug-likeness (QED) is 0.592. The minimum atomic E-state index is 0.469. The highest BCUT2D eigenvalue weighted by molar-refractivity contribution is 4.74. The van der Waals surface area contributed by atoms with Crippen molar-refractivity contribution in [2.45, 2.75) is 61.3 Å². The van der Waals surface area contributed by atoms with Gasteiger partial charge in [-0.3, -0.25) is 0 Å². The van der Waals surface area contributed by atoms with Crippen molar-refractivity contribution in [3.05, 3.63) is 0 Å². The second kappa shape index (κ2) is 5.02. The average molecular weight is 184 g/mol. The van der Waals surface area contributed by atoms with E-state index in [9.17, 15) is 0 Å². The molecule has 0 radical (unpaired) electrons. The van der Waals surface area contributed by atoms with Gasteiger partial charge in [0.1, 0.15) is 0 Å². The lowest BCUT2D eigenvalue weighted by molar-refractivity contribution is 0.174. The van der Waals surface area contributed by atoms with Crippen LogP contribution in [0.3, 0.4) is 0 Å². The van der Waals surface area contributed by atoms with Gasteiger partial charge in [0.15, 0.2) is 0 Å². The van der Waals surface area contributed by atoms with Crippen LogP contribution in [0.5, 0.6) is 0 Å². The van der Waals surface area contributed by atoms with Crippen molar-refractivity contribution < 1.29 is 0 Å². The summed E-state index contributed by atoms with van der Waals surface area (Å²) in [4.78, 5) is 0. The van der Waals surface area contributed by atoms with Gasteiger partial charge in [-0.1, -0.05) is 61.3 Å². The molecule has 80 valence electrons. The normalized spacial score (nSPS) is 17.5. The lowest BCUT2D eigenvalue weighted by atomic mass is 9.73. The molecule has 0 aromatic carbocycles. The van der Waals surface area contributed by atoms with Gasteiger partial charge in [0.2, 0.25) is 0 Å². The molecule has 0 nitrogen and oxygen atoms in total. The Labute approximate surface area is 85.1 Å². The molecule has 0 fully saturated rings. The van der Waals surface area contributed by atoms with Crippen molar-refractivity contribution in [3.63, 3.8) is 0 Å². The van der Waals surface area contributed by atoms with Crippen molar-refractivity contribution in [1.29, 1.82) is 0 Å². The maximum absolute atomic E-state index is 2.40. The van der Waals surface area contributed by atoms with Gasteiger partial charge in [0.25, 0.3) is 0 Å². The highest BCUT2D eigenvalue weighted by atomic mass is 14.3. The number of hydrogen-bond acceptors (Lipinski definition) is 0. The molecule has 0 heterocycles. The molecule has 0 saturated carbocycles. The highest BCUT2D eigenvalue weighted by Gasteiger charge is 2.24. The molecule has 0 saturated heterocycles. The van der Waals surface area contributed by atoms with Crippen LogP contribution in [0.2, 0.25) is 0 Å². The van der Waals surface area contributed by atoms with Crippen LogP contribution in [0, 0.1) is 23.2 Å². The van der Waals surface area contributed by atoms with Crippen LogP contribution in [-0.2, 0) is 0 Å². The Morgan fingerprint density at radius 2 is 1.31 bits per heavy atom. The maximum Gasteiger partial charge on any atom is -0.0354 e. The largest absolute Gasteiger partial charge is 0.0628 e. The first-order valence-electron chi connectivity index (χ1n) is 5.75. The third-order valence-electron chi connectivity index (χ3n) is 3.42. The van der Waals surface area contributed by atoms with Crippen LogP contribution in [0.25, 0.3) is 0 Å². The number of hydrogen-bond donors (Lipinski definition) is 0. The SMILES string of the molecule is CC(C)CCC(C)C(C)C(C)(C)C. The molecule has 2 unspecified atom stereocenters. The summed E-state index contributed by atoms with van der Waals surface area (Å²) < 4.78 is 0. The second-order valence-electron chi connectivity index (χ2n) is 6.10. The van der Waals surface area contributed by atoms with Crippen molar-refractivity contribution in [2.75, 3.05) is 0 Å². The van der Waals surface area contributed by atoms with Gasteiger partial charge < -0.3 is 0 Å². The lowest BCUT2D eigenvalue weighted by Gasteiger charge is -2.32. The molecule has 0 aliphatic carbocycles. The van der Waals surface area contributed by atoms with E-state index in [0.29, 0.717) is 5.41 Å². The van der Waals surface area contributed by atoms with Gasteiger partial charge in [-0.2, -0.15) is 0 Å². The first-order valence-corrected chi connectivity index (χ1v) is 5.75. The topological polar surface area (TPSA) is 0 Å². The summed E-state index contributed by atoms with van der Waals surface area (Å²) in [6.45, 7) is 16.5. The molecule has 2 atom stereocenters. The second-order valence-corrected chi connectivity index (χ2v) is 6.10. The van der Waals surface area contributed by atoms with E-state index in [2.05, 4.69) is 48.5 Å². The van der Waals surface area contributed by atoms with Crippen LogP contribution in [-0.4, -0.2) is 0 Å². The van der Waals surface area contributed by atoms with E-state index in [4.69, 9.17) is 0 Å². The molecule has 0 rings (SSSR count). The summed E-state index contributed by atoms with van der Waals surface area (Å²) in [5.41, 5.74) is 0.469. The van der Waals surface area contributed by atoms with E-state index >= 15 is 0 Å². The Morgan fingerprint density at radius 3 is 1.62 bits per heavy atom. The number of rotatable bonds is 4. The van der Waals surface area contributed by atoms with Crippen LogP contribution >= 0.6 is 0 Å². The highest BCUT2D eigenvalue weighted by Crippen LogP contribution is 2.34. The van der Waals surface area contributed by atoms with Crippen LogP contribution in [0.15, 0.2) is 0 Å². The van der Waals surface area contributed by atoms with Gasteiger partial charge in [0.05, 0.1) is 0 Å². The zero-order valence-corrected chi connectivity index (χ0v) is 10.6. The van der Waals surface area contributed by atoms with Crippen LogP contribution in [0.4, 0.5) is 0 Å². The fourth-order valence-corrected chi connectivity index (χ4v) is 1.70. The van der Waals surface area contributed by atoms with Gasteiger partial charge in [-0.15, -0.1) is 0 Å². The van der Waals surface area contributed by atoms with Crippen LogP contribution in [0.1, 0.15) is 61.3 Å². The first-order chi connectivity index (χ1) is 5.75. The monoisotopic (exact) mass is 184 g/mol. The Morgan fingerprint density at radius 1 is 0.846 bits per heavy atom. The summed E-state index contributed by atoms with van der Waals surface area (Å²) in [7, 11) is 0. The molecule has 0 aliphatic rings. The van der Waals surface area contributed by atoms with Gasteiger partial charge >= 0.3 is 0 Å². The molecule has 0 aromatic heterocycles. The lowest BCUT2D eigenvalue weighted by Crippen LogP contribution is -2.24. The van der Waals surface area contributed by atoms with E-state index in [0.717, 1.165) is 17.8 Å². The minimum Gasteiger partial charge on any atom is -0.0628 e. The zero-order chi connectivity index (χ0) is 10.6. The third-order valence-corrected chi connectivity index (χ3v) is 3.42. The maximum atomic E-state index is 2.40. The molecule has 0 spiro atoms. The molecule has 0 heteroatoms. The van der Waals surface area contributed by atoms with E-state index in [1.165, 1.54) is 12.8 Å². The summed E-state index contributed by atoms with van der Waals surface area (Å²) in [6, 6.07) is 0. The fraction of sp³-hybridized carbons (Fsp3) is 1.00. The predicted octanol–water partition coefficient (Wildman–Crippen LogP) is 4.74. The van der Waals surface area contributed by atoms with Crippen LogP contribution < -0.4 is 0 Å². The van der Waals surface area contributed by atoms with E-state index < -0.39 is 0 Å². The summed E-state index contributed by atoms with van der Waals surface area (Å²) >= 11 is 0. The average Bonchev–Trinajstić information content (AvgIpc) is 1.96. The van der Waals surface area contributed by atoms with Crippen molar-refractivity contribution in [2.24, 2.45) is 23.2 Å². The molecule has 0 amide bonds. The predicted molar refractivity (Wildman–Crippen MR) is 61.9 cm³/mol. The Bertz CT molecular complexity index is 127. The molecular formula is C13H28. The van der Waals surface area contributed by atoms with Crippen molar-refractivity contribution in [3.8, 4) is 0 Å². The van der Waals surface area contributed by atoms with E-state index in [1.54, 1.807) is 0 Å². The standard InChI is InChI=1S/C13H28/c1-10(2)8-9-11(3)12(4)13(5,6)7/h10-12H,8-9H2,1-7H3. The summed E-state index contributed by atoms with van der Waals surface area (Å²) in [5.74, 6) is 2.54. The molecule has 0 N–H and O–H groups in total. The van der Waals surface area contributed by atoms with Crippen molar-refractivity contribution >= 4 is 0 Å². The fourth-order valence-electron chi connectivity index (χ4n) is 1.70. The molecule has 0 aromatic rings.